The van der Waals surface area contributed by atoms with E-state index in [0.717, 1.165) is 11.0 Å². The highest BCUT2D eigenvalue weighted by molar-refractivity contribution is 7.91. The van der Waals surface area contributed by atoms with Crippen LogP contribution in [0.5, 0.6) is 0 Å². The molecule has 0 fully saturated rings. The minimum Gasteiger partial charge on any atom is -0.480 e. The molecule has 0 radical (unpaired) electrons. The van der Waals surface area contributed by atoms with E-state index >= 15 is 0 Å². The van der Waals surface area contributed by atoms with Crippen molar-refractivity contribution in [2.75, 3.05) is 18.0 Å². The summed E-state index contributed by atoms with van der Waals surface area (Å²) >= 11 is 0. The standard InChI is InChI=1S/C12H13F2NO4S/c1-2-7-15(8-11(16)17)9-5-3-4-6-10(9)20(18,19)12(13)14/h2-6,12H,1,7-8H2,(H,16,17). The van der Waals surface area contributed by atoms with Crippen LogP contribution in [-0.2, 0) is 14.6 Å². The third kappa shape index (κ3) is 3.53. The number of hydrogen-bond acceptors (Lipinski definition) is 4. The Kier molecular flexibility index (Phi) is 5.20. The monoisotopic (exact) mass is 305 g/mol. The molecule has 0 aliphatic heterocycles. The van der Waals surface area contributed by atoms with Crippen molar-refractivity contribution in [3.05, 3.63) is 36.9 Å². The van der Waals surface area contributed by atoms with Gasteiger partial charge in [0.15, 0.2) is 0 Å². The van der Waals surface area contributed by atoms with Crippen molar-refractivity contribution >= 4 is 21.5 Å². The van der Waals surface area contributed by atoms with E-state index in [2.05, 4.69) is 6.58 Å². The molecule has 0 heterocycles. The van der Waals surface area contributed by atoms with E-state index in [-0.39, 0.29) is 12.2 Å². The molecule has 0 bridgehead atoms. The molecule has 0 saturated carbocycles. The summed E-state index contributed by atoms with van der Waals surface area (Å²) in [6.07, 6.45) is 1.36. The van der Waals surface area contributed by atoms with Crippen LogP contribution in [0.2, 0.25) is 0 Å². The molecule has 20 heavy (non-hydrogen) atoms. The molecule has 8 heteroatoms. The van der Waals surface area contributed by atoms with Crippen molar-refractivity contribution in [3.8, 4) is 0 Å². The molecule has 5 nitrogen and oxygen atoms in total. The molecule has 0 aromatic heterocycles. The van der Waals surface area contributed by atoms with Crippen molar-refractivity contribution in [2.45, 2.75) is 10.7 Å². The molecular formula is C12H13F2NO4S. The molecule has 1 rings (SSSR count). The highest BCUT2D eigenvalue weighted by Gasteiger charge is 2.30. The molecule has 0 atom stereocenters. The summed E-state index contributed by atoms with van der Waals surface area (Å²) in [5.74, 6) is -4.78. The van der Waals surface area contributed by atoms with Crippen LogP contribution >= 0.6 is 0 Å². The number of sulfone groups is 1. The van der Waals surface area contributed by atoms with Crippen molar-refractivity contribution in [1.29, 1.82) is 0 Å². The lowest BCUT2D eigenvalue weighted by Gasteiger charge is -2.23. The van der Waals surface area contributed by atoms with E-state index in [4.69, 9.17) is 5.11 Å². The normalized spacial score (nSPS) is 11.3. The number of aliphatic carboxylic acids is 1. The van der Waals surface area contributed by atoms with E-state index < -0.39 is 33.0 Å². The van der Waals surface area contributed by atoms with Gasteiger partial charge in [0.25, 0.3) is 0 Å². The molecule has 0 amide bonds. The summed E-state index contributed by atoms with van der Waals surface area (Å²) in [6.45, 7) is 2.92. The van der Waals surface area contributed by atoms with Crippen LogP contribution in [0.1, 0.15) is 0 Å². The molecule has 1 aromatic carbocycles. The Hall–Kier alpha value is -1.96. The fourth-order valence-electron chi connectivity index (χ4n) is 1.62. The second-order valence-corrected chi connectivity index (χ2v) is 5.72. The van der Waals surface area contributed by atoms with Gasteiger partial charge in [-0.1, -0.05) is 18.2 Å². The molecule has 0 aliphatic carbocycles. The quantitative estimate of drug-likeness (QED) is 0.777. The maximum Gasteiger partial charge on any atom is 0.341 e. The second kappa shape index (κ2) is 6.47. The van der Waals surface area contributed by atoms with Crippen LogP contribution in [0.15, 0.2) is 41.8 Å². The van der Waals surface area contributed by atoms with E-state index in [1.807, 2.05) is 0 Å². The first-order chi connectivity index (χ1) is 9.30. The number of carboxylic acids is 1. The van der Waals surface area contributed by atoms with Gasteiger partial charge in [0.05, 0.1) is 10.6 Å². The Morgan fingerprint density at radius 2 is 2.00 bits per heavy atom. The van der Waals surface area contributed by atoms with E-state index in [1.165, 1.54) is 24.3 Å². The first-order valence-corrected chi connectivity index (χ1v) is 7.04. The summed E-state index contributed by atoms with van der Waals surface area (Å²) in [5.41, 5.74) is -0.0879. The van der Waals surface area contributed by atoms with E-state index in [9.17, 15) is 22.0 Å². The van der Waals surface area contributed by atoms with Gasteiger partial charge in [0.2, 0.25) is 9.84 Å². The second-order valence-electron chi connectivity index (χ2n) is 3.84. The zero-order chi connectivity index (χ0) is 15.3. The minimum atomic E-state index is -4.81. The number of carboxylic acid groups (broad SMARTS) is 1. The SMILES string of the molecule is C=CCN(CC(=O)O)c1ccccc1S(=O)(=O)C(F)F. The van der Waals surface area contributed by atoms with Crippen molar-refractivity contribution < 1.29 is 27.1 Å². The number of alkyl halides is 2. The highest BCUT2D eigenvalue weighted by atomic mass is 32.2. The third-order valence-electron chi connectivity index (χ3n) is 2.42. The number of carbonyl (C=O) groups is 1. The number of hydrogen-bond donors (Lipinski definition) is 1. The highest BCUT2D eigenvalue weighted by Crippen LogP contribution is 2.29. The molecule has 110 valence electrons. The van der Waals surface area contributed by atoms with E-state index in [0.29, 0.717) is 0 Å². The van der Waals surface area contributed by atoms with Gasteiger partial charge in [-0.2, -0.15) is 8.78 Å². The molecular weight excluding hydrogens is 292 g/mol. The average Bonchev–Trinajstić information content (AvgIpc) is 2.37. The number of benzene rings is 1. The number of para-hydroxylation sites is 1. The van der Waals surface area contributed by atoms with Gasteiger partial charge in [-0.15, -0.1) is 6.58 Å². The van der Waals surface area contributed by atoms with Crippen molar-refractivity contribution in [3.63, 3.8) is 0 Å². The Bertz CT molecular complexity index is 601. The number of anilines is 1. The molecule has 0 spiro atoms. The number of rotatable bonds is 7. The van der Waals surface area contributed by atoms with Crippen LogP contribution in [0.25, 0.3) is 0 Å². The zero-order valence-corrected chi connectivity index (χ0v) is 11.2. The fourth-order valence-corrected chi connectivity index (χ4v) is 2.57. The number of halogens is 2. The molecule has 0 saturated heterocycles. The molecule has 0 unspecified atom stereocenters. The molecule has 0 aliphatic rings. The Morgan fingerprint density at radius 3 is 2.50 bits per heavy atom. The van der Waals surface area contributed by atoms with Crippen LogP contribution in [-0.4, -0.2) is 38.3 Å². The van der Waals surface area contributed by atoms with Crippen LogP contribution in [0, 0.1) is 0 Å². The number of nitrogens with zero attached hydrogens (tertiary/aromatic N) is 1. The predicted molar refractivity (Wildman–Crippen MR) is 69.7 cm³/mol. The summed E-state index contributed by atoms with van der Waals surface area (Å²) in [4.78, 5) is 11.3. The Labute approximate surface area is 115 Å². The molecule has 1 aromatic rings. The van der Waals surface area contributed by atoms with Crippen LogP contribution < -0.4 is 4.90 Å². The predicted octanol–water partition coefficient (Wildman–Crippen LogP) is 1.76. The topological polar surface area (TPSA) is 74.7 Å². The minimum absolute atomic E-state index is 0.0159. The van der Waals surface area contributed by atoms with Gasteiger partial charge >= 0.3 is 11.7 Å². The van der Waals surface area contributed by atoms with Gasteiger partial charge in [0.1, 0.15) is 6.54 Å². The Balaban J connectivity index is 3.36. The van der Waals surface area contributed by atoms with E-state index in [1.54, 1.807) is 0 Å². The maximum absolute atomic E-state index is 12.6. The average molecular weight is 305 g/mol. The summed E-state index contributed by atoms with van der Waals surface area (Å²) in [7, 11) is -4.81. The maximum atomic E-state index is 12.6. The third-order valence-corrected chi connectivity index (χ3v) is 3.85. The fraction of sp³-hybridized carbons (Fsp3) is 0.250. The zero-order valence-electron chi connectivity index (χ0n) is 10.4. The van der Waals surface area contributed by atoms with Crippen LogP contribution in [0.3, 0.4) is 0 Å². The lowest BCUT2D eigenvalue weighted by Crippen LogP contribution is -2.31. The lowest BCUT2D eigenvalue weighted by atomic mass is 10.3. The van der Waals surface area contributed by atoms with Gasteiger partial charge in [-0.05, 0) is 12.1 Å². The summed E-state index contributed by atoms with van der Waals surface area (Å²) in [6, 6.07) is 5.04. The first kappa shape index (κ1) is 16.1. The summed E-state index contributed by atoms with van der Waals surface area (Å²) < 4.78 is 48.5. The van der Waals surface area contributed by atoms with Crippen molar-refractivity contribution in [1.82, 2.24) is 0 Å². The lowest BCUT2D eigenvalue weighted by molar-refractivity contribution is -0.135. The first-order valence-electron chi connectivity index (χ1n) is 5.49. The Morgan fingerprint density at radius 1 is 1.40 bits per heavy atom. The smallest absolute Gasteiger partial charge is 0.341 e. The van der Waals surface area contributed by atoms with Crippen LogP contribution in [0.4, 0.5) is 14.5 Å². The largest absolute Gasteiger partial charge is 0.480 e. The van der Waals surface area contributed by atoms with Crippen molar-refractivity contribution in [2.24, 2.45) is 0 Å². The summed E-state index contributed by atoms with van der Waals surface area (Å²) in [5, 5.41) is 8.80. The van der Waals surface area contributed by atoms with Gasteiger partial charge in [-0.3, -0.25) is 4.79 Å². The van der Waals surface area contributed by atoms with Gasteiger partial charge in [0, 0.05) is 6.54 Å². The van der Waals surface area contributed by atoms with Gasteiger partial charge in [-0.25, -0.2) is 8.42 Å². The van der Waals surface area contributed by atoms with Gasteiger partial charge < -0.3 is 10.0 Å². The molecule has 1 N–H and O–H groups in total.